The van der Waals surface area contributed by atoms with Crippen molar-refractivity contribution in [3.63, 3.8) is 0 Å². The molecule has 0 unspecified atom stereocenters. The fourth-order valence-corrected chi connectivity index (χ4v) is 3.14. The Balaban J connectivity index is 1.48. The zero-order chi connectivity index (χ0) is 22.4. The third kappa shape index (κ3) is 6.40. The summed E-state index contributed by atoms with van der Waals surface area (Å²) in [5.41, 5.74) is 5.55. The highest BCUT2D eigenvalue weighted by atomic mass is 16.5. The molecule has 6 heteroatoms. The summed E-state index contributed by atoms with van der Waals surface area (Å²) in [6.07, 6.45) is 1.66. The lowest BCUT2D eigenvalue weighted by Crippen LogP contribution is -2.36. The Hall–Kier alpha value is -3.67. The van der Waals surface area contributed by atoms with Crippen LogP contribution in [0.4, 0.5) is 0 Å². The van der Waals surface area contributed by atoms with Crippen molar-refractivity contribution in [2.45, 2.75) is 34.2 Å². The van der Waals surface area contributed by atoms with Gasteiger partial charge in [-0.1, -0.05) is 35.4 Å². The van der Waals surface area contributed by atoms with E-state index in [0.29, 0.717) is 18.0 Å². The molecule has 2 N–H and O–H groups in total. The van der Waals surface area contributed by atoms with Gasteiger partial charge in [0.05, 0.1) is 6.54 Å². The van der Waals surface area contributed by atoms with Crippen molar-refractivity contribution >= 4 is 11.8 Å². The minimum Gasteiger partial charge on any atom is -0.439 e. The lowest BCUT2D eigenvalue weighted by molar-refractivity contribution is -0.120. The summed E-state index contributed by atoms with van der Waals surface area (Å²) < 4.78 is 5.85. The molecule has 6 nitrogen and oxygen atoms in total. The van der Waals surface area contributed by atoms with Crippen LogP contribution >= 0.6 is 0 Å². The Morgan fingerprint density at radius 3 is 2.29 bits per heavy atom. The fourth-order valence-electron chi connectivity index (χ4n) is 3.14. The van der Waals surface area contributed by atoms with Gasteiger partial charge < -0.3 is 15.4 Å². The number of aromatic nitrogens is 1. The van der Waals surface area contributed by atoms with Crippen LogP contribution in [0.5, 0.6) is 11.6 Å². The second-order valence-electron chi connectivity index (χ2n) is 7.71. The first-order valence-corrected chi connectivity index (χ1v) is 10.1. The van der Waals surface area contributed by atoms with Gasteiger partial charge in [0.2, 0.25) is 11.8 Å². The summed E-state index contributed by atoms with van der Waals surface area (Å²) >= 11 is 0. The number of nitrogens with one attached hydrogen (secondary N) is 2. The second-order valence-corrected chi connectivity index (χ2v) is 7.71. The predicted octanol–water partition coefficient (Wildman–Crippen LogP) is 4.15. The smallest absolute Gasteiger partial charge is 0.251 e. The molecule has 0 bridgehead atoms. The van der Waals surface area contributed by atoms with E-state index < -0.39 is 0 Å². The molecular weight excluding hydrogens is 390 g/mol. The number of nitrogens with zero attached hydrogens (tertiary/aromatic N) is 1. The second kappa shape index (κ2) is 9.89. The lowest BCUT2D eigenvalue weighted by atomic mass is 10.1. The van der Waals surface area contributed by atoms with Crippen LogP contribution < -0.4 is 15.4 Å². The molecule has 2 aromatic carbocycles. The largest absolute Gasteiger partial charge is 0.439 e. The molecule has 0 fully saturated rings. The van der Waals surface area contributed by atoms with Crippen molar-refractivity contribution in [1.82, 2.24) is 15.6 Å². The number of carbonyl (C=O) groups is 2. The summed E-state index contributed by atoms with van der Waals surface area (Å²) in [6.45, 7) is 8.08. The van der Waals surface area contributed by atoms with Crippen LogP contribution in [0, 0.1) is 27.7 Å². The van der Waals surface area contributed by atoms with Crippen LogP contribution in [0.3, 0.4) is 0 Å². The van der Waals surface area contributed by atoms with Gasteiger partial charge in [0.15, 0.2) is 0 Å². The molecule has 3 rings (SSSR count). The minimum atomic E-state index is -0.270. The van der Waals surface area contributed by atoms with Crippen molar-refractivity contribution in [2.75, 3.05) is 6.54 Å². The van der Waals surface area contributed by atoms with Gasteiger partial charge in [-0.3, -0.25) is 9.59 Å². The molecule has 1 aromatic heterocycles. The maximum atomic E-state index is 12.2. The lowest BCUT2D eigenvalue weighted by Gasteiger charge is -2.10. The topological polar surface area (TPSA) is 80.3 Å². The maximum Gasteiger partial charge on any atom is 0.251 e. The van der Waals surface area contributed by atoms with E-state index in [0.717, 1.165) is 33.6 Å². The molecule has 0 spiro atoms. The molecule has 0 saturated carbocycles. The first-order chi connectivity index (χ1) is 14.8. The summed E-state index contributed by atoms with van der Waals surface area (Å²) in [6, 6.07) is 15.2. The van der Waals surface area contributed by atoms with Gasteiger partial charge in [0, 0.05) is 24.4 Å². The average molecular weight is 418 g/mol. The zero-order valence-corrected chi connectivity index (χ0v) is 18.3. The van der Waals surface area contributed by atoms with Crippen LogP contribution in [0.2, 0.25) is 0 Å². The van der Waals surface area contributed by atoms with E-state index in [2.05, 4.69) is 15.6 Å². The maximum absolute atomic E-state index is 12.2. The quantitative estimate of drug-likeness (QED) is 0.605. The number of ether oxygens (including phenoxy) is 1. The molecule has 2 amide bonds. The number of hydrogen-bond donors (Lipinski definition) is 2. The number of hydrogen-bond acceptors (Lipinski definition) is 4. The molecule has 0 aliphatic rings. The van der Waals surface area contributed by atoms with Gasteiger partial charge in [-0.2, -0.15) is 0 Å². The molecule has 31 heavy (non-hydrogen) atoms. The van der Waals surface area contributed by atoms with Gasteiger partial charge in [0.1, 0.15) is 5.75 Å². The highest BCUT2D eigenvalue weighted by Crippen LogP contribution is 2.24. The standard InChI is InChI=1S/C25H27N3O3/c1-16-5-6-19(4)22(12-16)31-24-8-7-20(14-27-24)13-26-23(29)15-28-25(30)21-10-17(2)9-18(3)11-21/h5-12,14H,13,15H2,1-4H3,(H,26,29)(H,28,30). The van der Waals surface area contributed by atoms with E-state index >= 15 is 0 Å². The van der Waals surface area contributed by atoms with Crippen molar-refractivity contribution in [3.8, 4) is 11.6 Å². The first-order valence-electron chi connectivity index (χ1n) is 10.1. The van der Waals surface area contributed by atoms with Gasteiger partial charge in [-0.25, -0.2) is 4.98 Å². The van der Waals surface area contributed by atoms with Gasteiger partial charge in [-0.15, -0.1) is 0 Å². The van der Waals surface area contributed by atoms with Crippen molar-refractivity contribution < 1.29 is 14.3 Å². The number of pyridine rings is 1. The van der Waals surface area contributed by atoms with E-state index in [4.69, 9.17) is 4.74 Å². The number of rotatable bonds is 7. The van der Waals surface area contributed by atoms with E-state index in [9.17, 15) is 9.59 Å². The summed E-state index contributed by atoms with van der Waals surface area (Å²) in [4.78, 5) is 28.6. The van der Waals surface area contributed by atoms with Crippen LogP contribution in [0.1, 0.15) is 38.2 Å². The molecule has 0 aliphatic carbocycles. The minimum absolute atomic E-state index is 0.0902. The van der Waals surface area contributed by atoms with E-state index in [1.165, 1.54) is 0 Å². The normalized spacial score (nSPS) is 10.5. The van der Waals surface area contributed by atoms with Gasteiger partial charge in [0.25, 0.3) is 5.91 Å². The Kier molecular flexibility index (Phi) is 7.03. The number of amides is 2. The Bertz CT molecular complexity index is 1070. The third-order valence-electron chi connectivity index (χ3n) is 4.74. The first kappa shape index (κ1) is 22.0. The van der Waals surface area contributed by atoms with E-state index in [1.54, 1.807) is 24.4 Å². The molecule has 1 heterocycles. The Labute approximate surface area is 182 Å². The Morgan fingerprint density at radius 1 is 0.871 bits per heavy atom. The molecule has 0 radical (unpaired) electrons. The zero-order valence-electron chi connectivity index (χ0n) is 18.3. The van der Waals surface area contributed by atoms with Crippen LogP contribution in [-0.2, 0) is 11.3 Å². The highest BCUT2D eigenvalue weighted by Gasteiger charge is 2.09. The summed E-state index contributed by atoms with van der Waals surface area (Å²) in [5, 5.41) is 5.43. The SMILES string of the molecule is Cc1cc(C)cc(C(=O)NCC(=O)NCc2ccc(Oc3cc(C)ccc3C)nc2)c1. The number of benzene rings is 2. The predicted molar refractivity (Wildman–Crippen MR) is 120 cm³/mol. The van der Waals surface area contributed by atoms with Crippen LogP contribution in [0.25, 0.3) is 0 Å². The summed E-state index contributed by atoms with van der Waals surface area (Å²) in [5.74, 6) is 0.725. The molecule has 0 atom stereocenters. The third-order valence-corrected chi connectivity index (χ3v) is 4.74. The molecular formula is C25H27N3O3. The van der Waals surface area contributed by atoms with Crippen molar-refractivity contribution in [2.24, 2.45) is 0 Å². The van der Waals surface area contributed by atoms with Crippen molar-refractivity contribution in [1.29, 1.82) is 0 Å². The summed E-state index contributed by atoms with van der Waals surface area (Å²) in [7, 11) is 0. The molecule has 0 aliphatic heterocycles. The van der Waals surface area contributed by atoms with Gasteiger partial charge in [-0.05, 0) is 62.6 Å². The van der Waals surface area contributed by atoms with Crippen molar-refractivity contribution in [3.05, 3.63) is 88.1 Å². The monoisotopic (exact) mass is 417 g/mol. The number of carbonyl (C=O) groups excluding carboxylic acids is 2. The highest BCUT2D eigenvalue weighted by molar-refractivity contribution is 5.96. The average Bonchev–Trinajstić information content (AvgIpc) is 2.73. The van der Waals surface area contributed by atoms with Gasteiger partial charge >= 0.3 is 0 Å². The molecule has 3 aromatic rings. The molecule has 160 valence electrons. The number of aryl methyl sites for hydroxylation is 4. The van der Waals surface area contributed by atoms with Crippen LogP contribution in [-0.4, -0.2) is 23.3 Å². The Morgan fingerprint density at radius 2 is 1.61 bits per heavy atom. The van der Waals surface area contributed by atoms with E-state index in [-0.39, 0.29) is 18.4 Å². The van der Waals surface area contributed by atoms with E-state index in [1.807, 2.05) is 58.0 Å². The fraction of sp³-hybridized carbons (Fsp3) is 0.240. The molecule has 0 saturated heterocycles. The van der Waals surface area contributed by atoms with Crippen LogP contribution in [0.15, 0.2) is 54.7 Å².